The van der Waals surface area contributed by atoms with Crippen LogP contribution in [0.3, 0.4) is 0 Å². The Morgan fingerprint density at radius 2 is 2.00 bits per heavy atom. The van der Waals surface area contributed by atoms with Crippen LogP contribution in [0.15, 0.2) is 47.3 Å². The average Bonchev–Trinajstić information content (AvgIpc) is 3.45. The van der Waals surface area contributed by atoms with Crippen LogP contribution < -0.4 is 27.6 Å². The highest BCUT2D eigenvalue weighted by molar-refractivity contribution is 6.01. The Morgan fingerprint density at radius 3 is 2.81 bits per heavy atom. The van der Waals surface area contributed by atoms with Crippen LogP contribution in [0, 0.1) is 0 Å². The molecule has 0 aliphatic carbocycles. The number of anilines is 3. The van der Waals surface area contributed by atoms with Crippen molar-refractivity contribution in [1.29, 1.82) is 0 Å². The maximum absolute atomic E-state index is 6.17. The first-order valence-electron chi connectivity index (χ1n) is 10.4. The molecule has 1 aromatic carbocycles. The standard InChI is InChI=1S/C22H26N8O/c1-25-29-20-15(3-2-4-18(20)23)19-9-16-17(11-27-22(24)21(16)31-19)13-10-28-30(12-13)14-5-7-26-8-6-14/h2-4,9-12,14,25-26,29H,5-8,23H2,1H3,(H2,24,27). The molecule has 1 aliphatic heterocycles. The lowest BCUT2D eigenvalue weighted by Gasteiger charge is -2.22. The van der Waals surface area contributed by atoms with Crippen LogP contribution in [0.4, 0.5) is 17.2 Å². The quantitative estimate of drug-likeness (QED) is 0.247. The van der Waals surface area contributed by atoms with Gasteiger partial charge in [0.05, 0.1) is 23.6 Å². The maximum atomic E-state index is 6.17. The number of hydrogen-bond acceptors (Lipinski definition) is 8. The molecule has 1 saturated heterocycles. The fourth-order valence-electron chi connectivity index (χ4n) is 4.19. The summed E-state index contributed by atoms with van der Waals surface area (Å²) in [6, 6.07) is 8.08. The Bertz CT molecular complexity index is 1220. The van der Waals surface area contributed by atoms with Crippen molar-refractivity contribution in [2.45, 2.75) is 18.9 Å². The summed E-state index contributed by atoms with van der Waals surface area (Å²) in [6.45, 7) is 2.03. The topological polar surface area (TPSA) is 132 Å². The Hall–Kier alpha value is -3.56. The van der Waals surface area contributed by atoms with E-state index in [-0.39, 0.29) is 0 Å². The molecular weight excluding hydrogens is 392 g/mol. The number of fused-ring (bicyclic) bond motifs is 1. The smallest absolute Gasteiger partial charge is 0.177 e. The zero-order valence-corrected chi connectivity index (χ0v) is 17.4. The van der Waals surface area contributed by atoms with E-state index in [1.54, 1.807) is 13.2 Å². The molecule has 0 amide bonds. The Balaban J connectivity index is 1.59. The predicted molar refractivity (Wildman–Crippen MR) is 123 cm³/mol. The lowest BCUT2D eigenvalue weighted by molar-refractivity contribution is 0.343. The Labute approximate surface area is 179 Å². The van der Waals surface area contributed by atoms with E-state index in [1.807, 2.05) is 30.5 Å². The summed E-state index contributed by atoms with van der Waals surface area (Å²) in [5, 5.41) is 8.91. The molecule has 5 rings (SSSR count). The summed E-state index contributed by atoms with van der Waals surface area (Å²) in [7, 11) is 1.79. The lowest BCUT2D eigenvalue weighted by Crippen LogP contribution is -2.29. The maximum Gasteiger partial charge on any atom is 0.177 e. The van der Waals surface area contributed by atoms with Gasteiger partial charge in [0, 0.05) is 41.5 Å². The van der Waals surface area contributed by atoms with E-state index in [4.69, 9.17) is 15.9 Å². The van der Waals surface area contributed by atoms with Crippen LogP contribution in [0.1, 0.15) is 18.9 Å². The predicted octanol–water partition coefficient (Wildman–Crippen LogP) is 2.99. The number of nitrogens with two attached hydrogens (primary N) is 2. The van der Waals surface area contributed by atoms with Crippen molar-refractivity contribution < 1.29 is 4.42 Å². The highest BCUT2D eigenvalue weighted by Gasteiger charge is 2.20. The summed E-state index contributed by atoms with van der Waals surface area (Å²) in [5.74, 6) is 1.01. The number of nitrogens with one attached hydrogen (secondary N) is 3. The van der Waals surface area contributed by atoms with Crippen LogP contribution in [0.25, 0.3) is 33.4 Å². The molecule has 0 bridgehead atoms. The van der Waals surface area contributed by atoms with Gasteiger partial charge < -0.3 is 26.6 Å². The SMILES string of the molecule is CNNc1c(N)cccc1-c1cc2c(-c3cnn(C4CCNCC4)c3)cnc(N)c2o1. The molecular formula is C22H26N8O. The molecule has 7 N–H and O–H groups in total. The first kappa shape index (κ1) is 19.4. The van der Waals surface area contributed by atoms with Gasteiger partial charge in [-0.1, -0.05) is 6.07 Å². The molecule has 3 aromatic heterocycles. The van der Waals surface area contributed by atoms with Gasteiger partial charge in [-0.25, -0.2) is 10.4 Å². The molecule has 0 radical (unpaired) electrons. The molecule has 0 spiro atoms. The third-order valence-corrected chi connectivity index (χ3v) is 5.80. The second-order valence-electron chi connectivity index (χ2n) is 7.75. The molecule has 1 fully saturated rings. The lowest BCUT2D eigenvalue weighted by atomic mass is 10.0. The van der Waals surface area contributed by atoms with E-state index in [0.717, 1.165) is 53.7 Å². The molecule has 4 aromatic rings. The number of nitrogens with zero attached hydrogens (tertiary/aromatic N) is 3. The summed E-state index contributed by atoms with van der Waals surface area (Å²) in [5.41, 5.74) is 23.0. The van der Waals surface area contributed by atoms with Crippen LogP contribution in [-0.4, -0.2) is 34.9 Å². The zero-order chi connectivity index (χ0) is 21.4. The number of pyridine rings is 1. The molecule has 160 valence electrons. The van der Waals surface area contributed by atoms with Gasteiger partial charge in [-0.2, -0.15) is 5.10 Å². The summed E-state index contributed by atoms with van der Waals surface area (Å²) in [4.78, 5) is 4.37. The van der Waals surface area contributed by atoms with Crippen molar-refractivity contribution in [3.63, 3.8) is 0 Å². The second-order valence-corrected chi connectivity index (χ2v) is 7.75. The molecule has 0 saturated carbocycles. The number of hydrazine groups is 1. The molecule has 9 nitrogen and oxygen atoms in total. The van der Waals surface area contributed by atoms with E-state index in [1.165, 1.54) is 0 Å². The first-order valence-corrected chi connectivity index (χ1v) is 10.4. The van der Waals surface area contributed by atoms with Gasteiger partial charge in [0.2, 0.25) is 0 Å². The highest BCUT2D eigenvalue weighted by Crippen LogP contribution is 2.40. The van der Waals surface area contributed by atoms with Gasteiger partial charge in [-0.05, 0) is 44.1 Å². The van der Waals surface area contributed by atoms with Crippen LogP contribution >= 0.6 is 0 Å². The van der Waals surface area contributed by atoms with Gasteiger partial charge in [0.15, 0.2) is 11.4 Å². The normalized spacial score (nSPS) is 14.9. The van der Waals surface area contributed by atoms with Crippen LogP contribution in [-0.2, 0) is 0 Å². The number of furan rings is 1. The third kappa shape index (κ3) is 3.47. The van der Waals surface area contributed by atoms with Crippen molar-refractivity contribution in [1.82, 2.24) is 25.5 Å². The van der Waals surface area contributed by atoms with Gasteiger partial charge in [-0.15, -0.1) is 0 Å². The third-order valence-electron chi connectivity index (χ3n) is 5.80. The van der Waals surface area contributed by atoms with Crippen molar-refractivity contribution in [2.75, 3.05) is 37.0 Å². The van der Waals surface area contributed by atoms with E-state index in [0.29, 0.717) is 28.9 Å². The van der Waals surface area contributed by atoms with Crippen molar-refractivity contribution in [2.24, 2.45) is 0 Å². The summed E-state index contributed by atoms with van der Waals surface area (Å²) >= 11 is 0. The molecule has 1 aliphatic rings. The number of rotatable bonds is 5. The number of para-hydroxylation sites is 1. The largest absolute Gasteiger partial charge is 0.452 e. The van der Waals surface area contributed by atoms with E-state index in [9.17, 15) is 0 Å². The molecule has 9 heteroatoms. The molecule has 4 heterocycles. The van der Waals surface area contributed by atoms with E-state index in [2.05, 4.69) is 37.1 Å². The highest BCUT2D eigenvalue weighted by atomic mass is 16.3. The van der Waals surface area contributed by atoms with Crippen molar-refractivity contribution in [3.05, 3.63) is 42.9 Å². The van der Waals surface area contributed by atoms with Gasteiger partial charge >= 0.3 is 0 Å². The van der Waals surface area contributed by atoms with Gasteiger partial charge in [0.25, 0.3) is 0 Å². The average molecular weight is 419 g/mol. The number of aromatic nitrogens is 3. The minimum absolute atomic E-state index is 0.350. The van der Waals surface area contributed by atoms with Crippen LogP contribution in [0.5, 0.6) is 0 Å². The first-order chi connectivity index (χ1) is 15.2. The number of hydrogen-bond donors (Lipinski definition) is 5. The van der Waals surface area contributed by atoms with Crippen molar-refractivity contribution in [3.8, 4) is 22.5 Å². The molecule has 31 heavy (non-hydrogen) atoms. The second kappa shape index (κ2) is 7.93. The number of piperidine rings is 1. The molecule has 0 atom stereocenters. The number of benzene rings is 1. The fourth-order valence-corrected chi connectivity index (χ4v) is 4.19. The summed E-state index contributed by atoms with van der Waals surface area (Å²) < 4.78 is 8.23. The summed E-state index contributed by atoms with van der Waals surface area (Å²) in [6.07, 6.45) is 7.90. The Morgan fingerprint density at radius 1 is 1.16 bits per heavy atom. The minimum atomic E-state index is 0.350. The monoisotopic (exact) mass is 418 g/mol. The zero-order valence-electron chi connectivity index (χ0n) is 17.4. The number of nitrogen functional groups attached to an aromatic ring is 2. The molecule has 0 unspecified atom stereocenters. The van der Waals surface area contributed by atoms with Gasteiger partial charge in [0.1, 0.15) is 5.76 Å². The van der Waals surface area contributed by atoms with Crippen LogP contribution in [0.2, 0.25) is 0 Å². The van der Waals surface area contributed by atoms with E-state index >= 15 is 0 Å². The van der Waals surface area contributed by atoms with E-state index < -0.39 is 0 Å². The van der Waals surface area contributed by atoms with Crippen molar-refractivity contribution >= 4 is 28.2 Å². The Kier molecular flexibility index (Phi) is 4.97. The fraction of sp³-hybridized carbons (Fsp3) is 0.273. The minimum Gasteiger partial charge on any atom is -0.452 e. The van der Waals surface area contributed by atoms with Gasteiger partial charge in [-0.3, -0.25) is 4.68 Å².